The van der Waals surface area contributed by atoms with Gasteiger partial charge in [0.05, 0.1) is 0 Å². The minimum atomic E-state index is -0.291. The van der Waals surface area contributed by atoms with Gasteiger partial charge in [-0.1, -0.05) is 17.7 Å². The fraction of sp³-hybridized carbons (Fsp3) is 0.231. The highest BCUT2D eigenvalue weighted by atomic mass is 35.5. The molecular weight excluding hydrogens is 257 g/mol. The number of hydrogen-bond acceptors (Lipinski definition) is 2. The molecule has 0 saturated heterocycles. The molecule has 1 nitrogen and oxygen atoms in total. The van der Waals surface area contributed by atoms with Gasteiger partial charge in [0.1, 0.15) is 5.82 Å². The average Bonchev–Trinajstić information content (AvgIpc) is 2.70. The first-order chi connectivity index (χ1) is 8.08. The lowest BCUT2D eigenvalue weighted by Crippen LogP contribution is -2.13. The third kappa shape index (κ3) is 2.86. The van der Waals surface area contributed by atoms with Crippen LogP contribution < -0.4 is 5.73 Å². The van der Waals surface area contributed by atoms with E-state index in [0.717, 1.165) is 4.88 Å². The first-order valence-corrected chi connectivity index (χ1v) is 6.52. The molecule has 0 radical (unpaired) electrons. The molecule has 0 spiro atoms. The maximum atomic E-state index is 13.6. The molecule has 0 amide bonds. The quantitative estimate of drug-likeness (QED) is 0.892. The first-order valence-electron chi connectivity index (χ1n) is 5.32. The van der Waals surface area contributed by atoms with Gasteiger partial charge in [0.15, 0.2) is 0 Å². The summed E-state index contributed by atoms with van der Waals surface area (Å²) in [6.45, 7) is 2.02. The Morgan fingerprint density at radius 3 is 2.71 bits per heavy atom. The molecule has 0 fully saturated rings. The summed E-state index contributed by atoms with van der Waals surface area (Å²) in [6, 6.07) is 8.49. The first kappa shape index (κ1) is 12.6. The third-order valence-electron chi connectivity index (χ3n) is 2.61. The molecule has 90 valence electrons. The SMILES string of the molecule is Cc1ccc(C(N)Cc2c(F)cccc2Cl)s1. The molecule has 1 heterocycles. The number of benzene rings is 1. The molecule has 0 bridgehead atoms. The minimum Gasteiger partial charge on any atom is -0.323 e. The predicted molar refractivity (Wildman–Crippen MR) is 71.1 cm³/mol. The van der Waals surface area contributed by atoms with Crippen LogP contribution in [0.25, 0.3) is 0 Å². The van der Waals surface area contributed by atoms with E-state index in [4.69, 9.17) is 17.3 Å². The van der Waals surface area contributed by atoms with Gasteiger partial charge in [-0.3, -0.25) is 0 Å². The molecule has 0 aliphatic carbocycles. The van der Waals surface area contributed by atoms with Crippen molar-refractivity contribution in [3.8, 4) is 0 Å². The van der Waals surface area contributed by atoms with Gasteiger partial charge in [0, 0.05) is 26.4 Å². The Kier molecular flexibility index (Phi) is 3.82. The zero-order valence-electron chi connectivity index (χ0n) is 9.41. The van der Waals surface area contributed by atoms with Crippen molar-refractivity contribution in [2.24, 2.45) is 5.73 Å². The second kappa shape index (κ2) is 5.17. The van der Waals surface area contributed by atoms with Gasteiger partial charge in [0.25, 0.3) is 0 Å². The van der Waals surface area contributed by atoms with Crippen molar-refractivity contribution in [3.05, 3.63) is 56.5 Å². The Morgan fingerprint density at radius 1 is 1.35 bits per heavy atom. The third-order valence-corrected chi connectivity index (χ3v) is 4.10. The zero-order chi connectivity index (χ0) is 12.4. The van der Waals surface area contributed by atoms with E-state index in [2.05, 4.69) is 0 Å². The van der Waals surface area contributed by atoms with Crippen LogP contribution in [0.3, 0.4) is 0 Å². The summed E-state index contributed by atoms with van der Waals surface area (Å²) in [4.78, 5) is 2.26. The molecular formula is C13H13ClFNS. The number of halogens is 2. The predicted octanol–water partition coefficient (Wildman–Crippen LogP) is 4.09. The largest absolute Gasteiger partial charge is 0.323 e. The number of nitrogens with two attached hydrogens (primary N) is 1. The van der Waals surface area contributed by atoms with Crippen LogP contribution >= 0.6 is 22.9 Å². The standard InChI is InChI=1S/C13H13ClFNS/c1-8-5-6-13(17-8)12(16)7-9-10(14)3-2-4-11(9)15/h2-6,12H,7,16H2,1H3. The molecule has 17 heavy (non-hydrogen) atoms. The fourth-order valence-corrected chi connectivity index (χ4v) is 2.82. The van der Waals surface area contributed by atoms with Gasteiger partial charge >= 0.3 is 0 Å². The Bertz CT molecular complexity index is 504. The molecule has 1 atom stereocenters. The van der Waals surface area contributed by atoms with Crippen LogP contribution in [0.4, 0.5) is 4.39 Å². The lowest BCUT2D eigenvalue weighted by Gasteiger charge is -2.11. The lowest BCUT2D eigenvalue weighted by atomic mass is 10.0. The van der Waals surface area contributed by atoms with Crippen LogP contribution in [-0.2, 0) is 6.42 Å². The lowest BCUT2D eigenvalue weighted by molar-refractivity contribution is 0.595. The van der Waals surface area contributed by atoms with Crippen molar-refractivity contribution in [2.45, 2.75) is 19.4 Å². The maximum Gasteiger partial charge on any atom is 0.127 e. The monoisotopic (exact) mass is 269 g/mol. The molecule has 0 aliphatic heterocycles. The Labute approximate surface area is 109 Å². The van der Waals surface area contributed by atoms with Crippen LogP contribution in [0, 0.1) is 12.7 Å². The van der Waals surface area contributed by atoms with E-state index < -0.39 is 0 Å². The van der Waals surface area contributed by atoms with E-state index >= 15 is 0 Å². The topological polar surface area (TPSA) is 26.0 Å². The van der Waals surface area contributed by atoms with Crippen molar-refractivity contribution in [2.75, 3.05) is 0 Å². The van der Waals surface area contributed by atoms with Gasteiger partial charge in [-0.25, -0.2) is 4.39 Å². The van der Waals surface area contributed by atoms with Crippen LogP contribution in [0.1, 0.15) is 21.4 Å². The highest BCUT2D eigenvalue weighted by Gasteiger charge is 2.14. The molecule has 1 unspecified atom stereocenters. The minimum absolute atomic E-state index is 0.205. The van der Waals surface area contributed by atoms with Crippen molar-refractivity contribution in [1.29, 1.82) is 0 Å². The summed E-state index contributed by atoms with van der Waals surface area (Å²) in [6.07, 6.45) is 0.422. The molecule has 1 aromatic heterocycles. The molecule has 2 rings (SSSR count). The van der Waals surface area contributed by atoms with Crippen molar-refractivity contribution in [1.82, 2.24) is 0 Å². The van der Waals surface area contributed by atoms with E-state index in [0.29, 0.717) is 17.0 Å². The molecule has 0 aliphatic rings. The normalized spacial score (nSPS) is 12.7. The van der Waals surface area contributed by atoms with Gasteiger partial charge in [-0.05, 0) is 37.6 Å². The van der Waals surface area contributed by atoms with Crippen LogP contribution in [0.2, 0.25) is 5.02 Å². The smallest absolute Gasteiger partial charge is 0.127 e. The fourth-order valence-electron chi connectivity index (χ4n) is 1.70. The second-order valence-corrected chi connectivity index (χ2v) is 5.69. The van der Waals surface area contributed by atoms with Crippen LogP contribution in [-0.4, -0.2) is 0 Å². The molecule has 2 N–H and O–H groups in total. The molecule has 0 saturated carbocycles. The summed E-state index contributed by atoms with van der Waals surface area (Å²) < 4.78 is 13.6. The zero-order valence-corrected chi connectivity index (χ0v) is 11.0. The summed E-state index contributed by atoms with van der Waals surface area (Å²) in [5.41, 5.74) is 6.56. The molecule has 4 heteroatoms. The van der Waals surface area contributed by atoms with E-state index in [1.54, 1.807) is 23.5 Å². The highest BCUT2D eigenvalue weighted by molar-refractivity contribution is 7.12. The maximum absolute atomic E-state index is 13.6. The van der Waals surface area contributed by atoms with Crippen molar-refractivity contribution < 1.29 is 4.39 Å². The van der Waals surface area contributed by atoms with Crippen molar-refractivity contribution in [3.63, 3.8) is 0 Å². The highest BCUT2D eigenvalue weighted by Crippen LogP contribution is 2.27. The number of thiophene rings is 1. The Morgan fingerprint density at radius 2 is 2.12 bits per heavy atom. The van der Waals surface area contributed by atoms with E-state index in [9.17, 15) is 4.39 Å². The second-order valence-electron chi connectivity index (χ2n) is 3.96. The van der Waals surface area contributed by atoms with E-state index in [1.165, 1.54) is 10.9 Å². The van der Waals surface area contributed by atoms with Crippen LogP contribution in [0.5, 0.6) is 0 Å². The summed E-state index contributed by atoms with van der Waals surface area (Å²) in [5, 5.41) is 0.439. The number of hydrogen-bond donors (Lipinski definition) is 1. The van der Waals surface area contributed by atoms with E-state index in [-0.39, 0.29) is 11.9 Å². The van der Waals surface area contributed by atoms with Gasteiger partial charge < -0.3 is 5.73 Å². The summed E-state index contributed by atoms with van der Waals surface area (Å²) in [5.74, 6) is -0.291. The Balaban J connectivity index is 2.21. The van der Waals surface area contributed by atoms with Crippen LogP contribution in [0.15, 0.2) is 30.3 Å². The number of rotatable bonds is 3. The van der Waals surface area contributed by atoms with Gasteiger partial charge in [-0.15, -0.1) is 11.3 Å². The average molecular weight is 270 g/mol. The summed E-state index contributed by atoms with van der Waals surface area (Å²) >= 11 is 7.61. The van der Waals surface area contributed by atoms with Crippen molar-refractivity contribution >= 4 is 22.9 Å². The van der Waals surface area contributed by atoms with E-state index in [1.807, 2.05) is 19.1 Å². The summed E-state index contributed by atoms with van der Waals surface area (Å²) in [7, 11) is 0. The molecule has 1 aromatic carbocycles. The van der Waals surface area contributed by atoms with Gasteiger partial charge in [-0.2, -0.15) is 0 Å². The molecule has 2 aromatic rings. The van der Waals surface area contributed by atoms with Gasteiger partial charge in [0.2, 0.25) is 0 Å². The number of aryl methyl sites for hydroxylation is 1. The Hall–Kier alpha value is -0.900.